The Bertz CT molecular complexity index is 424. The van der Waals surface area contributed by atoms with Gasteiger partial charge in [-0.3, -0.25) is 0 Å². The summed E-state index contributed by atoms with van der Waals surface area (Å²) < 4.78 is 29.1. The molecule has 0 spiro atoms. The number of sulfone groups is 1. The molecule has 0 aliphatic heterocycles. The summed E-state index contributed by atoms with van der Waals surface area (Å²) in [5.41, 5.74) is 0. The van der Waals surface area contributed by atoms with Gasteiger partial charge in [0, 0.05) is 0 Å². The van der Waals surface area contributed by atoms with E-state index in [0.717, 1.165) is 6.42 Å². The third-order valence-electron chi connectivity index (χ3n) is 2.24. The van der Waals surface area contributed by atoms with Crippen LogP contribution in [0.3, 0.4) is 0 Å². The highest BCUT2D eigenvalue weighted by Crippen LogP contribution is 2.19. The number of hydrogen-bond acceptors (Lipinski definition) is 3. The Balaban J connectivity index is 2.90. The second kappa shape index (κ2) is 5.89. The zero-order valence-corrected chi connectivity index (χ0v) is 10.6. The van der Waals surface area contributed by atoms with Crippen LogP contribution in [-0.4, -0.2) is 20.8 Å². The van der Waals surface area contributed by atoms with Crippen LogP contribution < -0.4 is 4.74 Å². The fourth-order valence-electron chi connectivity index (χ4n) is 1.38. The quantitative estimate of drug-likeness (QED) is 0.770. The molecule has 0 fully saturated rings. The van der Waals surface area contributed by atoms with Crippen LogP contribution in [0.1, 0.15) is 26.7 Å². The molecule has 0 aliphatic carbocycles. The van der Waals surface area contributed by atoms with E-state index in [1.165, 1.54) is 0 Å². The van der Waals surface area contributed by atoms with Crippen molar-refractivity contribution in [2.75, 3.05) is 12.4 Å². The molecule has 0 heterocycles. The van der Waals surface area contributed by atoms with Crippen molar-refractivity contribution < 1.29 is 13.2 Å². The van der Waals surface area contributed by atoms with Crippen LogP contribution in [0.25, 0.3) is 0 Å². The Kier molecular flexibility index (Phi) is 4.80. The van der Waals surface area contributed by atoms with E-state index in [1.54, 1.807) is 24.3 Å². The van der Waals surface area contributed by atoms with Gasteiger partial charge in [-0.1, -0.05) is 19.4 Å². The maximum Gasteiger partial charge on any atom is 0.178 e. The minimum Gasteiger partial charge on any atom is -0.494 e. The normalized spacial score (nSPS) is 11.4. The van der Waals surface area contributed by atoms with E-state index in [0.29, 0.717) is 23.7 Å². The maximum atomic E-state index is 11.9. The molecule has 1 aromatic rings. The summed E-state index contributed by atoms with van der Waals surface area (Å²) >= 11 is 0. The molecule has 1 rings (SSSR count). The fourth-order valence-corrected chi connectivity index (χ4v) is 2.86. The lowest BCUT2D eigenvalue weighted by Gasteiger charge is -2.06. The van der Waals surface area contributed by atoms with Crippen molar-refractivity contribution in [2.24, 2.45) is 0 Å². The molecule has 0 unspecified atom stereocenters. The number of hydrogen-bond donors (Lipinski definition) is 0. The summed E-state index contributed by atoms with van der Waals surface area (Å²) in [6.45, 7) is 4.39. The molecule has 0 N–H and O–H groups in total. The molecule has 0 atom stereocenters. The molecular formula is C12H18O3S. The first-order valence-electron chi connectivity index (χ1n) is 5.55. The van der Waals surface area contributed by atoms with Gasteiger partial charge in [0.2, 0.25) is 0 Å². The minimum atomic E-state index is -3.14. The van der Waals surface area contributed by atoms with Crippen molar-refractivity contribution in [3.05, 3.63) is 24.3 Å². The summed E-state index contributed by atoms with van der Waals surface area (Å²) in [5.74, 6) is 0.819. The number of benzene rings is 1. The second-order valence-electron chi connectivity index (χ2n) is 3.58. The van der Waals surface area contributed by atoms with Crippen molar-refractivity contribution in [2.45, 2.75) is 31.6 Å². The van der Waals surface area contributed by atoms with Crippen LogP contribution in [-0.2, 0) is 9.84 Å². The van der Waals surface area contributed by atoms with E-state index in [2.05, 4.69) is 0 Å². The fraction of sp³-hybridized carbons (Fsp3) is 0.500. The Labute approximate surface area is 97.4 Å². The largest absolute Gasteiger partial charge is 0.494 e. The summed E-state index contributed by atoms with van der Waals surface area (Å²) in [6.07, 6.45) is 1.57. The van der Waals surface area contributed by atoms with Gasteiger partial charge in [0.1, 0.15) is 5.75 Å². The average molecular weight is 242 g/mol. The molecule has 0 bridgehead atoms. The van der Waals surface area contributed by atoms with Crippen molar-refractivity contribution in [1.82, 2.24) is 0 Å². The van der Waals surface area contributed by atoms with Crippen molar-refractivity contribution in [3.63, 3.8) is 0 Å². The van der Waals surface area contributed by atoms with Gasteiger partial charge in [0.25, 0.3) is 0 Å². The molecule has 1 aromatic carbocycles. The highest BCUT2D eigenvalue weighted by molar-refractivity contribution is 7.91. The van der Waals surface area contributed by atoms with Gasteiger partial charge >= 0.3 is 0 Å². The van der Waals surface area contributed by atoms with E-state index in [4.69, 9.17) is 4.74 Å². The Morgan fingerprint density at radius 2 is 2.00 bits per heavy atom. The molecular weight excluding hydrogens is 224 g/mol. The molecule has 90 valence electrons. The van der Waals surface area contributed by atoms with Gasteiger partial charge in [-0.15, -0.1) is 0 Å². The third-order valence-corrected chi connectivity index (χ3v) is 4.04. The monoisotopic (exact) mass is 242 g/mol. The molecule has 0 saturated carbocycles. The molecule has 0 saturated heterocycles. The smallest absolute Gasteiger partial charge is 0.178 e. The molecule has 0 radical (unpaired) electrons. The van der Waals surface area contributed by atoms with Crippen LogP contribution in [0, 0.1) is 0 Å². The van der Waals surface area contributed by atoms with E-state index in [9.17, 15) is 8.42 Å². The Morgan fingerprint density at radius 3 is 2.62 bits per heavy atom. The lowest BCUT2D eigenvalue weighted by atomic mass is 10.3. The summed E-state index contributed by atoms with van der Waals surface area (Å²) in [7, 11) is -3.14. The van der Waals surface area contributed by atoms with Gasteiger partial charge in [-0.25, -0.2) is 8.42 Å². The molecule has 0 aliphatic rings. The second-order valence-corrected chi connectivity index (χ2v) is 5.69. The third kappa shape index (κ3) is 3.52. The SMILES string of the molecule is CCCCS(=O)(=O)c1cccc(OCC)c1. The highest BCUT2D eigenvalue weighted by atomic mass is 32.2. The van der Waals surface area contributed by atoms with Gasteiger partial charge in [0.05, 0.1) is 17.3 Å². The maximum absolute atomic E-state index is 11.9. The first-order chi connectivity index (χ1) is 7.60. The van der Waals surface area contributed by atoms with Crippen molar-refractivity contribution in [1.29, 1.82) is 0 Å². The Morgan fingerprint density at radius 1 is 1.25 bits per heavy atom. The zero-order valence-electron chi connectivity index (χ0n) is 9.77. The van der Waals surface area contributed by atoms with Gasteiger partial charge in [-0.2, -0.15) is 0 Å². The van der Waals surface area contributed by atoms with Crippen LogP contribution in [0.5, 0.6) is 5.75 Å². The van der Waals surface area contributed by atoms with Gasteiger partial charge in [-0.05, 0) is 31.5 Å². The predicted octanol–water partition coefficient (Wildman–Crippen LogP) is 2.66. The van der Waals surface area contributed by atoms with Crippen LogP contribution >= 0.6 is 0 Å². The van der Waals surface area contributed by atoms with E-state index in [1.807, 2.05) is 13.8 Å². The lowest BCUT2D eigenvalue weighted by molar-refractivity contribution is 0.339. The van der Waals surface area contributed by atoms with E-state index in [-0.39, 0.29) is 5.75 Å². The van der Waals surface area contributed by atoms with Gasteiger partial charge in [0.15, 0.2) is 9.84 Å². The highest BCUT2D eigenvalue weighted by Gasteiger charge is 2.13. The van der Waals surface area contributed by atoms with Crippen LogP contribution in [0.15, 0.2) is 29.2 Å². The lowest BCUT2D eigenvalue weighted by Crippen LogP contribution is -2.06. The molecule has 0 aromatic heterocycles. The number of ether oxygens (including phenoxy) is 1. The first kappa shape index (κ1) is 13.0. The summed E-state index contributed by atoms with van der Waals surface area (Å²) in [4.78, 5) is 0.354. The van der Waals surface area contributed by atoms with Crippen molar-refractivity contribution >= 4 is 9.84 Å². The average Bonchev–Trinajstić information content (AvgIpc) is 2.27. The number of rotatable bonds is 6. The topological polar surface area (TPSA) is 43.4 Å². The molecule has 16 heavy (non-hydrogen) atoms. The first-order valence-corrected chi connectivity index (χ1v) is 7.21. The molecule has 3 nitrogen and oxygen atoms in total. The van der Waals surface area contributed by atoms with Crippen molar-refractivity contribution in [3.8, 4) is 5.75 Å². The Hall–Kier alpha value is -1.03. The molecule has 0 amide bonds. The summed E-state index contributed by atoms with van der Waals surface area (Å²) in [6, 6.07) is 6.69. The molecule has 4 heteroatoms. The predicted molar refractivity (Wildman–Crippen MR) is 64.6 cm³/mol. The minimum absolute atomic E-state index is 0.207. The summed E-state index contributed by atoms with van der Waals surface area (Å²) in [5, 5.41) is 0. The standard InChI is InChI=1S/C12H18O3S/c1-3-5-9-16(13,14)12-8-6-7-11(10-12)15-4-2/h6-8,10H,3-5,9H2,1-2H3. The number of unbranched alkanes of at least 4 members (excludes halogenated alkanes) is 1. The van der Waals surface area contributed by atoms with E-state index >= 15 is 0 Å². The van der Waals surface area contributed by atoms with E-state index < -0.39 is 9.84 Å². The van der Waals surface area contributed by atoms with Crippen LogP contribution in [0.2, 0.25) is 0 Å². The zero-order chi connectivity index (χ0) is 12.0. The van der Waals surface area contributed by atoms with Crippen LogP contribution in [0.4, 0.5) is 0 Å². The van der Waals surface area contributed by atoms with Gasteiger partial charge < -0.3 is 4.74 Å².